The van der Waals surface area contributed by atoms with E-state index < -0.39 is 36.0 Å². The van der Waals surface area contributed by atoms with Crippen LogP contribution >= 0.6 is 7.82 Å². The summed E-state index contributed by atoms with van der Waals surface area (Å²) in [6.07, 6.45) is 1.61. The van der Waals surface area contributed by atoms with Gasteiger partial charge in [0.1, 0.15) is 5.82 Å². The summed E-state index contributed by atoms with van der Waals surface area (Å²) in [5, 5.41) is 6.28. The zero-order valence-corrected chi connectivity index (χ0v) is 26.5. The Bertz CT molecular complexity index is 1770. The maximum atomic E-state index is 14.2. The van der Waals surface area contributed by atoms with E-state index in [1.807, 2.05) is 6.92 Å². The molecule has 0 spiro atoms. The quantitative estimate of drug-likeness (QED) is 0.160. The molecule has 0 aliphatic heterocycles. The molecule has 2 aromatic carbocycles. The van der Waals surface area contributed by atoms with E-state index in [9.17, 15) is 23.5 Å². The summed E-state index contributed by atoms with van der Waals surface area (Å²) in [4.78, 5) is 42.3. The predicted octanol–water partition coefficient (Wildman–Crippen LogP) is 6.49. The summed E-state index contributed by atoms with van der Waals surface area (Å²) in [6.45, 7) is 13.8. The number of nitrogens with zero attached hydrogens (tertiary/aromatic N) is 3. The van der Waals surface area contributed by atoms with E-state index in [2.05, 4.69) is 20.6 Å². The molecule has 0 saturated carbocycles. The van der Waals surface area contributed by atoms with E-state index in [1.54, 1.807) is 78.9 Å². The molecule has 0 atom stereocenters. The number of oxazole rings is 1. The van der Waals surface area contributed by atoms with Gasteiger partial charge >= 0.3 is 13.6 Å². The highest BCUT2D eigenvalue weighted by Gasteiger charge is 2.58. The van der Waals surface area contributed by atoms with Gasteiger partial charge < -0.3 is 29.6 Å². The van der Waals surface area contributed by atoms with Gasteiger partial charge in [-0.2, -0.15) is 4.98 Å². The third kappa shape index (κ3) is 6.16. The third-order valence-electron chi connectivity index (χ3n) is 7.11. The minimum atomic E-state index is -5.11. The molecule has 0 saturated heterocycles. The molecule has 0 aliphatic rings. The van der Waals surface area contributed by atoms with E-state index in [0.717, 1.165) is 0 Å². The number of methoxy groups -OCH3 is 1. The average molecular weight is 618 g/mol. The van der Waals surface area contributed by atoms with Crippen LogP contribution in [0, 0.1) is 30.5 Å². The monoisotopic (exact) mass is 617 g/mol. The Morgan fingerprint density at radius 3 is 2.21 bits per heavy atom. The van der Waals surface area contributed by atoms with Gasteiger partial charge in [0.25, 0.3) is 0 Å². The molecule has 43 heavy (non-hydrogen) atoms. The summed E-state index contributed by atoms with van der Waals surface area (Å²) >= 11 is 0. The summed E-state index contributed by atoms with van der Waals surface area (Å²) in [5.41, 5.74) is -1.26. The van der Waals surface area contributed by atoms with Crippen LogP contribution < -0.4 is 21.1 Å². The van der Waals surface area contributed by atoms with Gasteiger partial charge in [0.05, 0.1) is 12.6 Å². The van der Waals surface area contributed by atoms with Crippen LogP contribution in [0.25, 0.3) is 11.1 Å². The van der Waals surface area contributed by atoms with Gasteiger partial charge in [0, 0.05) is 40.0 Å². The molecule has 0 fully saturated rings. The maximum Gasteiger partial charge on any atom is 0.471 e. The predicted molar refractivity (Wildman–Crippen MR) is 162 cm³/mol. The fraction of sp³-hybridized carbons (Fsp3) is 0.414. The number of aryl methyl sites for hydroxylation is 2. The Balaban J connectivity index is 1.81. The lowest BCUT2D eigenvalue weighted by Crippen LogP contribution is -2.58. The van der Waals surface area contributed by atoms with Crippen LogP contribution in [0.5, 0.6) is 5.75 Å². The molecule has 2 heterocycles. The second-order valence-corrected chi connectivity index (χ2v) is 13.6. The minimum Gasteiger partial charge on any atom is -0.494 e. The largest absolute Gasteiger partial charge is 0.494 e. The maximum absolute atomic E-state index is 14.2. The zero-order chi connectivity index (χ0) is 32.1. The van der Waals surface area contributed by atoms with Crippen molar-refractivity contribution in [2.75, 3.05) is 17.7 Å². The van der Waals surface area contributed by atoms with Crippen LogP contribution in [0.4, 0.5) is 27.5 Å². The van der Waals surface area contributed by atoms with E-state index >= 15 is 0 Å². The SMILES string of the molecule is COc1cc(Nc2ncc(C)c(Nc3ccc4oc(=O)n(C(OP(=O)(O)O)(C(C)(C)C)C(C)(C)C)c4c3)n2)cc(C)c1F. The van der Waals surface area contributed by atoms with Crippen molar-refractivity contribution >= 4 is 42.1 Å². The minimum absolute atomic E-state index is 0.0803. The molecule has 0 radical (unpaired) electrons. The smallest absolute Gasteiger partial charge is 0.471 e. The second kappa shape index (κ2) is 11.1. The average Bonchev–Trinajstić information content (AvgIpc) is 3.19. The molecule has 4 aromatic rings. The van der Waals surface area contributed by atoms with E-state index in [4.69, 9.17) is 13.7 Å². The van der Waals surface area contributed by atoms with Crippen LogP contribution in [-0.2, 0) is 14.8 Å². The number of phosphoric ester groups is 1. The van der Waals surface area contributed by atoms with Crippen molar-refractivity contribution in [1.82, 2.24) is 14.5 Å². The van der Waals surface area contributed by atoms with Crippen molar-refractivity contribution in [1.29, 1.82) is 0 Å². The van der Waals surface area contributed by atoms with Crippen LogP contribution in [0.1, 0.15) is 52.7 Å². The van der Waals surface area contributed by atoms with Crippen molar-refractivity contribution in [2.45, 2.75) is 61.1 Å². The van der Waals surface area contributed by atoms with Crippen molar-refractivity contribution in [3.05, 3.63) is 64.0 Å². The highest BCUT2D eigenvalue weighted by Crippen LogP contribution is 2.58. The lowest BCUT2D eigenvalue weighted by atomic mass is 9.68. The van der Waals surface area contributed by atoms with Gasteiger partial charge in [-0.3, -0.25) is 4.52 Å². The molecule has 4 N–H and O–H groups in total. The Labute approximate surface area is 248 Å². The standard InChI is InChI=1S/C29H37FN5O7P/c1-16-12-19(14-22(40-9)23(16)30)33-25-31-15-17(2)24(34-25)32-18-10-11-21-20(13-18)35(26(36)41-21)29(27(3,4)5,28(6,7)8)42-43(37,38)39/h10-15H,1-9H3,(H2,37,38,39)(H2,31,32,33,34). The molecule has 0 aliphatic carbocycles. The van der Waals surface area contributed by atoms with Crippen LogP contribution in [0.3, 0.4) is 0 Å². The van der Waals surface area contributed by atoms with Gasteiger partial charge in [0.2, 0.25) is 5.95 Å². The van der Waals surface area contributed by atoms with E-state index in [-0.39, 0.29) is 22.8 Å². The Hall–Kier alpha value is -3.77. The van der Waals surface area contributed by atoms with Gasteiger partial charge in [-0.15, -0.1) is 0 Å². The Morgan fingerprint density at radius 2 is 1.63 bits per heavy atom. The number of aromatic nitrogens is 3. The van der Waals surface area contributed by atoms with Crippen LogP contribution in [0.15, 0.2) is 45.7 Å². The molecule has 0 amide bonds. The number of fused-ring (bicyclic) bond motifs is 1. The molecular weight excluding hydrogens is 580 g/mol. The first kappa shape index (κ1) is 32.2. The molecule has 232 valence electrons. The fourth-order valence-corrected chi connectivity index (χ4v) is 6.50. The van der Waals surface area contributed by atoms with Crippen LogP contribution in [-0.4, -0.2) is 31.4 Å². The number of phosphoric acid groups is 1. The van der Waals surface area contributed by atoms with Crippen molar-refractivity contribution in [3.8, 4) is 5.75 Å². The topological polar surface area (TPSA) is 161 Å². The van der Waals surface area contributed by atoms with Gasteiger partial charge in [-0.05, 0) is 43.7 Å². The third-order valence-corrected chi connectivity index (χ3v) is 7.61. The number of hydrogen-bond donors (Lipinski definition) is 4. The molecule has 14 heteroatoms. The summed E-state index contributed by atoms with van der Waals surface area (Å²) < 4.78 is 44.0. The number of ether oxygens (including phenoxy) is 1. The van der Waals surface area contributed by atoms with Crippen molar-refractivity contribution in [2.24, 2.45) is 10.8 Å². The molecule has 4 rings (SSSR count). The zero-order valence-electron chi connectivity index (χ0n) is 25.6. The molecule has 0 unspecified atom stereocenters. The summed E-state index contributed by atoms with van der Waals surface area (Å²) in [5.74, 6) is -0.542. The highest BCUT2D eigenvalue weighted by atomic mass is 31.2. The lowest BCUT2D eigenvalue weighted by molar-refractivity contribution is -0.191. The first-order chi connectivity index (χ1) is 19.8. The van der Waals surface area contributed by atoms with Gasteiger partial charge in [-0.25, -0.2) is 23.3 Å². The van der Waals surface area contributed by atoms with Gasteiger partial charge in [0.15, 0.2) is 22.9 Å². The van der Waals surface area contributed by atoms with E-state index in [1.165, 1.54) is 17.7 Å². The number of nitrogens with one attached hydrogen (secondary N) is 2. The van der Waals surface area contributed by atoms with Crippen molar-refractivity contribution < 1.29 is 32.4 Å². The Kier molecular flexibility index (Phi) is 8.27. The van der Waals surface area contributed by atoms with Crippen LogP contribution in [0.2, 0.25) is 0 Å². The second-order valence-electron chi connectivity index (χ2n) is 12.4. The van der Waals surface area contributed by atoms with E-state index in [0.29, 0.717) is 28.3 Å². The van der Waals surface area contributed by atoms with Crippen molar-refractivity contribution in [3.63, 3.8) is 0 Å². The number of anilines is 4. The lowest BCUT2D eigenvalue weighted by Gasteiger charge is -2.52. The molecule has 12 nitrogen and oxygen atoms in total. The summed E-state index contributed by atoms with van der Waals surface area (Å²) in [6, 6.07) is 7.99. The summed E-state index contributed by atoms with van der Waals surface area (Å²) in [7, 11) is -3.73. The van der Waals surface area contributed by atoms with Gasteiger partial charge in [-0.1, -0.05) is 41.5 Å². The molecule has 2 aromatic heterocycles. The normalized spacial score (nSPS) is 12.9. The molecule has 0 bridgehead atoms. The number of halogens is 1. The number of rotatable bonds is 8. The number of hydrogen-bond acceptors (Lipinski definition) is 9. The highest BCUT2D eigenvalue weighted by molar-refractivity contribution is 7.46. The fourth-order valence-electron chi connectivity index (χ4n) is 5.53. The number of benzene rings is 2. The Morgan fingerprint density at radius 1 is 0.977 bits per heavy atom. The first-order valence-corrected chi connectivity index (χ1v) is 14.9. The first-order valence-electron chi connectivity index (χ1n) is 13.4. The molecular formula is C29H37FN5O7P.